The van der Waals surface area contributed by atoms with E-state index in [4.69, 9.17) is 16.3 Å². The molecule has 2 fully saturated rings. The molecule has 1 unspecified atom stereocenters. The topological polar surface area (TPSA) is 53.0 Å². The number of likely N-dealkylation sites (tertiary alicyclic amines) is 1. The van der Waals surface area contributed by atoms with E-state index < -0.39 is 6.09 Å². The Labute approximate surface area is 159 Å². The molecule has 5 nitrogen and oxygen atoms in total. The highest BCUT2D eigenvalue weighted by Gasteiger charge is 2.33. The first-order chi connectivity index (χ1) is 12.6. The number of rotatable bonds is 3. The van der Waals surface area contributed by atoms with E-state index in [1.807, 2.05) is 6.07 Å². The number of ether oxygens (including phenoxy) is 1. The van der Waals surface area contributed by atoms with Gasteiger partial charge in [0.2, 0.25) is 0 Å². The summed E-state index contributed by atoms with van der Waals surface area (Å²) in [4.78, 5) is 15.7. The maximum Gasteiger partial charge on any atom is 0.407 e. The van der Waals surface area contributed by atoms with Crippen LogP contribution in [0.5, 0.6) is 0 Å². The molecule has 3 aliphatic heterocycles. The number of hydrogen-bond donors (Lipinski definition) is 1. The van der Waals surface area contributed by atoms with Gasteiger partial charge in [-0.15, -0.1) is 0 Å². The highest BCUT2D eigenvalue weighted by Crippen LogP contribution is 2.38. The standard InChI is InChI=1S/C20H27ClN2O3/c21-16-10-15-13-22(12-14-4-8-26-9-5-14)7-3-17(15)18(11-16)19-2-1-6-23(19)20(24)25/h10-11,14,19H,1-9,12-13H2,(H,24,25). The Morgan fingerprint density at radius 2 is 2.04 bits per heavy atom. The average Bonchev–Trinajstić information content (AvgIpc) is 3.11. The fourth-order valence-electron chi connectivity index (χ4n) is 4.82. The van der Waals surface area contributed by atoms with Gasteiger partial charge in [-0.1, -0.05) is 11.6 Å². The molecule has 3 heterocycles. The van der Waals surface area contributed by atoms with Gasteiger partial charge in [-0.2, -0.15) is 0 Å². The fourth-order valence-corrected chi connectivity index (χ4v) is 5.07. The molecule has 0 aliphatic carbocycles. The molecule has 0 bridgehead atoms. The Morgan fingerprint density at radius 1 is 1.23 bits per heavy atom. The van der Waals surface area contributed by atoms with Crippen LogP contribution in [0.4, 0.5) is 4.79 Å². The van der Waals surface area contributed by atoms with E-state index in [0.29, 0.717) is 6.54 Å². The Hall–Kier alpha value is -1.30. The summed E-state index contributed by atoms with van der Waals surface area (Å²) in [6.45, 7) is 5.47. The van der Waals surface area contributed by atoms with Crippen molar-refractivity contribution in [1.82, 2.24) is 9.80 Å². The summed E-state index contributed by atoms with van der Waals surface area (Å²) < 4.78 is 5.47. The minimum absolute atomic E-state index is 0.0398. The van der Waals surface area contributed by atoms with E-state index >= 15 is 0 Å². The normalized spacial score (nSPS) is 24.7. The summed E-state index contributed by atoms with van der Waals surface area (Å²) in [5.74, 6) is 0.723. The van der Waals surface area contributed by atoms with Crippen molar-refractivity contribution in [3.8, 4) is 0 Å². The molecule has 1 N–H and O–H groups in total. The molecule has 0 radical (unpaired) electrons. The van der Waals surface area contributed by atoms with E-state index in [1.165, 1.54) is 11.1 Å². The van der Waals surface area contributed by atoms with Gasteiger partial charge in [0, 0.05) is 44.4 Å². The van der Waals surface area contributed by atoms with E-state index in [2.05, 4.69) is 11.0 Å². The first kappa shape index (κ1) is 18.1. The average molecular weight is 379 g/mol. The van der Waals surface area contributed by atoms with Gasteiger partial charge in [-0.05, 0) is 66.8 Å². The molecular formula is C20H27ClN2O3. The van der Waals surface area contributed by atoms with Crippen LogP contribution in [-0.2, 0) is 17.7 Å². The van der Waals surface area contributed by atoms with Crippen LogP contribution in [0.25, 0.3) is 0 Å². The highest BCUT2D eigenvalue weighted by atomic mass is 35.5. The van der Waals surface area contributed by atoms with Crippen molar-refractivity contribution in [3.05, 3.63) is 33.8 Å². The van der Waals surface area contributed by atoms with Crippen molar-refractivity contribution in [2.24, 2.45) is 5.92 Å². The maximum atomic E-state index is 11.6. The third kappa shape index (κ3) is 3.71. The quantitative estimate of drug-likeness (QED) is 0.865. The van der Waals surface area contributed by atoms with Crippen molar-refractivity contribution < 1.29 is 14.6 Å². The molecule has 6 heteroatoms. The van der Waals surface area contributed by atoms with Crippen LogP contribution < -0.4 is 0 Å². The third-order valence-corrected chi connectivity index (χ3v) is 6.35. The zero-order valence-corrected chi connectivity index (χ0v) is 15.9. The smallest absolute Gasteiger partial charge is 0.407 e. The molecule has 0 spiro atoms. The van der Waals surface area contributed by atoms with Crippen LogP contribution in [-0.4, -0.2) is 53.8 Å². The summed E-state index contributed by atoms with van der Waals surface area (Å²) in [5.41, 5.74) is 3.75. The second-order valence-corrected chi connectivity index (χ2v) is 8.24. The number of benzene rings is 1. The van der Waals surface area contributed by atoms with Gasteiger partial charge in [-0.25, -0.2) is 4.79 Å². The van der Waals surface area contributed by atoms with Gasteiger partial charge in [-0.3, -0.25) is 4.90 Å². The van der Waals surface area contributed by atoms with Gasteiger partial charge in [0.05, 0.1) is 6.04 Å². The minimum atomic E-state index is -0.821. The molecule has 26 heavy (non-hydrogen) atoms. The molecule has 1 atom stereocenters. The number of fused-ring (bicyclic) bond motifs is 1. The van der Waals surface area contributed by atoms with Crippen molar-refractivity contribution in [2.45, 2.75) is 44.7 Å². The van der Waals surface area contributed by atoms with Crippen LogP contribution in [0.15, 0.2) is 12.1 Å². The fraction of sp³-hybridized carbons (Fsp3) is 0.650. The van der Waals surface area contributed by atoms with Crippen LogP contribution >= 0.6 is 11.6 Å². The summed E-state index contributed by atoms with van der Waals surface area (Å²) in [5, 5.41) is 10.2. The predicted octanol–water partition coefficient (Wildman–Crippen LogP) is 3.94. The summed E-state index contributed by atoms with van der Waals surface area (Å²) >= 11 is 6.43. The number of carbonyl (C=O) groups is 1. The lowest BCUT2D eigenvalue weighted by Gasteiger charge is -2.35. The molecule has 1 amide bonds. The molecule has 0 saturated carbocycles. The molecule has 2 saturated heterocycles. The highest BCUT2D eigenvalue weighted by molar-refractivity contribution is 6.30. The SMILES string of the molecule is O=C(O)N1CCCC1c1cc(Cl)cc2c1CCN(CC1CCOCC1)C2. The van der Waals surface area contributed by atoms with Gasteiger partial charge in [0.25, 0.3) is 0 Å². The van der Waals surface area contributed by atoms with E-state index in [1.54, 1.807) is 4.90 Å². The minimum Gasteiger partial charge on any atom is -0.465 e. The molecule has 0 aromatic heterocycles. The second kappa shape index (κ2) is 7.75. The van der Waals surface area contributed by atoms with Crippen LogP contribution in [0.3, 0.4) is 0 Å². The molecule has 1 aromatic carbocycles. The van der Waals surface area contributed by atoms with E-state index in [9.17, 15) is 9.90 Å². The lowest BCUT2D eigenvalue weighted by molar-refractivity contribution is 0.0505. The van der Waals surface area contributed by atoms with Crippen molar-refractivity contribution >= 4 is 17.7 Å². The van der Waals surface area contributed by atoms with Crippen molar-refractivity contribution in [2.75, 3.05) is 32.8 Å². The van der Waals surface area contributed by atoms with Crippen molar-refractivity contribution in [1.29, 1.82) is 0 Å². The summed E-state index contributed by atoms with van der Waals surface area (Å²) in [6, 6.07) is 4.04. The number of nitrogens with zero attached hydrogens (tertiary/aromatic N) is 2. The van der Waals surface area contributed by atoms with Crippen LogP contribution in [0.2, 0.25) is 5.02 Å². The van der Waals surface area contributed by atoms with Gasteiger partial charge in [0.15, 0.2) is 0 Å². The van der Waals surface area contributed by atoms with Crippen LogP contribution in [0.1, 0.15) is 48.4 Å². The Balaban J connectivity index is 1.54. The van der Waals surface area contributed by atoms with E-state index in [-0.39, 0.29) is 6.04 Å². The number of carboxylic acid groups (broad SMARTS) is 1. The summed E-state index contributed by atoms with van der Waals surface area (Å²) in [7, 11) is 0. The number of amides is 1. The molecule has 4 rings (SSSR count). The zero-order valence-electron chi connectivity index (χ0n) is 15.1. The molecule has 3 aliphatic rings. The molecule has 142 valence electrons. The summed E-state index contributed by atoms with van der Waals surface area (Å²) in [6.07, 6.45) is 4.28. The van der Waals surface area contributed by atoms with Crippen molar-refractivity contribution in [3.63, 3.8) is 0 Å². The van der Waals surface area contributed by atoms with Crippen LogP contribution in [0, 0.1) is 5.92 Å². The third-order valence-electron chi connectivity index (χ3n) is 6.13. The van der Waals surface area contributed by atoms with Gasteiger partial charge in [0.1, 0.15) is 0 Å². The monoisotopic (exact) mass is 378 g/mol. The number of hydrogen-bond acceptors (Lipinski definition) is 3. The second-order valence-electron chi connectivity index (χ2n) is 7.81. The predicted molar refractivity (Wildman–Crippen MR) is 101 cm³/mol. The molecule has 1 aromatic rings. The number of halogens is 1. The lowest BCUT2D eigenvalue weighted by Crippen LogP contribution is -2.37. The largest absolute Gasteiger partial charge is 0.465 e. The van der Waals surface area contributed by atoms with Gasteiger partial charge >= 0.3 is 6.09 Å². The Morgan fingerprint density at radius 3 is 2.81 bits per heavy atom. The van der Waals surface area contributed by atoms with Gasteiger partial charge < -0.3 is 14.7 Å². The maximum absolute atomic E-state index is 11.6. The molecular weight excluding hydrogens is 352 g/mol. The zero-order chi connectivity index (χ0) is 18.1. The Bertz CT molecular complexity index is 675. The lowest BCUT2D eigenvalue weighted by atomic mass is 9.89. The van der Waals surface area contributed by atoms with E-state index in [0.717, 1.165) is 81.5 Å². The first-order valence-corrected chi connectivity index (χ1v) is 10.1. The first-order valence-electron chi connectivity index (χ1n) is 9.72. The Kier molecular flexibility index (Phi) is 5.39.